The molecule has 0 bridgehead atoms. The van der Waals surface area contributed by atoms with Crippen molar-refractivity contribution in [2.24, 2.45) is 11.7 Å². The number of urea groups is 1. The number of carbonyl (C=O) groups excluding carboxylic acids is 3. The Kier molecular flexibility index (Phi) is 10.6. The fraction of sp³-hybridized carbons (Fsp3) is 0.667. The molecule has 0 spiro atoms. The quantitative estimate of drug-likeness (QED) is 0.324. The number of carboxylic acid groups (broad SMARTS) is 1. The summed E-state index contributed by atoms with van der Waals surface area (Å²) in [6, 6.07) is 4.99. The molecule has 3 unspecified atom stereocenters. The maximum absolute atomic E-state index is 13.6. The van der Waals surface area contributed by atoms with E-state index in [0.717, 1.165) is 49.0 Å². The van der Waals surface area contributed by atoms with Gasteiger partial charge in [0.1, 0.15) is 5.75 Å². The molecule has 0 aromatic heterocycles. The van der Waals surface area contributed by atoms with Crippen LogP contribution < -0.4 is 10.5 Å². The molecular weight excluding hydrogens is 526 g/mol. The Morgan fingerprint density at radius 2 is 1.93 bits per heavy atom. The van der Waals surface area contributed by atoms with E-state index in [1.54, 1.807) is 7.05 Å². The minimum atomic E-state index is -0.939. The molecule has 1 aromatic rings. The minimum Gasteiger partial charge on any atom is -0.493 e. The predicted octanol–water partition coefficient (Wildman–Crippen LogP) is 2.13. The normalized spacial score (nSPS) is 22.7. The van der Waals surface area contributed by atoms with Crippen LogP contribution in [0.4, 0.5) is 4.79 Å². The zero-order valence-electron chi connectivity index (χ0n) is 24.4. The first-order valence-corrected chi connectivity index (χ1v) is 15.0. The van der Waals surface area contributed by atoms with Crippen LogP contribution in [-0.2, 0) is 20.8 Å². The molecule has 1 aromatic carbocycles. The van der Waals surface area contributed by atoms with Crippen LogP contribution in [0, 0.1) is 5.92 Å². The zero-order chi connectivity index (χ0) is 29.5. The van der Waals surface area contributed by atoms with Gasteiger partial charge in [0.2, 0.25) is 11.8 Å². The van der Waals surface area contributed by atoms with Crippen LogP contribution in [0.15, 0.2) is 18.2 Å². The summed E-state index contributed by atoms with van der Waals surface area (Å²) in [6.07, 6.45) is 4.81. The van der Waals surface area contributed by atoms with Crippen molar-refractivity contribution < 1.29 is 29.0 Å². The Labute approximate surface area is 242 Å². The van der Waals surface area contributed by atoms with Gasteiger partial charge in [0.25, 0.3) is 0 Å². The smallest absolute Gasteiger partial charge is 0.326 e. The summed E-state index contributed by atoms with van der Waals surface area (Å²) in [6.45, 7) is 5.52. The maximum atomic E-state index is 13.6. The topological polar surface area (TPSA) is 137 Å². The minimum absolute atomic E-state index is 0.0301. The number of hydrogen-bond donors (Lipinski definition) is 2. The van der Waals surface area contributed by atoms with Crippen LogP contribution in [0.3, 0.4) is 0 Å². The van der Waals surface area contributed by atoms with Gasteiger partial charge in [-0.2, -0.15) is 0 Å². The highest BCUT2D eigenvalue weighted by atomic mass is 16.5. The van der Waals surface area contributed by atoms with Gasteiger partial charge in [0.05, 0.1) is 19.1 Å². The van der Waals surface area contributed by atoms with Gasteiger partial charge < -0.3 is 25.4 Å². The van der Waals surface area contributed by atoms with E-state index < -0.39 is 17.9 Å². The summed E-state index contributed by atoms with van der Waals surface area (Å²) in [7, 11) is 1.66. The number of carbonyl (C=O) groups is 4. The summed E-state index contributed by atoms with van der Waals surface area (Å²) in [5.41, 5.74) is 7.66. The fourth-order valence-electron chi connectivity index (χ4n) is 6.35. The molecule has 4 rings (SSSR count). The third-order valence-electron chi connectivity index (χ3n) is 8.70. The Bertz CT molecular complexity index is 1110. The first kappa shape index (κ1) is 30.8. The average molecular weight is 572 g/mol. The number of ether oxygens (including phenoxy) is 1. The molecule has 3 N–H and O–H groups in total. The van der Waals surface area contributed by atoms with Crippen LogP contribution in [-0.4, -0.2) is 114 Å². The number of unbranched alkanes of at least 4 members (excludes halogenated alkanes) is 2. The van der Waals surface area contributed by atoms with E-state index in [1.807, 2.05) is 28.0 Å². The second kappa shape index (κ2) is 14.1. The highest BCUT2D eigenvalue weighted by Crippen LogP contribution is 2.41. The van der Waals surface area contributed by atoms with E-state index in [4.69, 9.17) is 10.5 Å². The van der Waals surface area contributed by atoms with Gasteiger partial charge in [-0.05, 0) is 49.4 Å². The third kappa shape index (κ3) is 7.19. The molecule has 41 heavy (non-hydrogen) atoms. The summed E-state index contributed by atoms with van der Waals surface area (Å²) in [5, 5.41) is 10.5. The van der Waals surface area contributed by atoms with Crippen LogP contribution in [0.5, 0.6) is 5.75 Å². The molecule has 0 aliphatic carbocycles. The molecule has 226 valence electrons. The highest BCUT2D eigenvalue weighted by Gasteiger charge is 2.48. The van der Waals surface area contributed by atoms with E-state index in [0.29, 0.717) is 39.3 Å². The average Bonchev–Trinajstić information content (AvgIpc) is 3.57. The number of benzene rings is 1. The van der Waals surface area contributed by atoms with Crippen molar-refractivity contribution in [3.05, 3.63) is 29.3 Å². The summed E-state index contributed by atoms with van der Waals surface area (Å²) >= 11 is 0. The number of rotatable bonds is 14. The lowest BCUT2D eigenvalue weighted by Crippen LogP contribution is -2.52. The lowest BCUT2D eigenvalue weighted by molar-refractivity contribution is -0.144. The molecule has 0 saturated carbocycles. The van der Waals surface area contributed by atoms with E-state index in [9.17, 15) is 24.3 Å². The van der Waals surface area contributed by atoms with Crippen molar-refractivity contribution in [2.75, 3.05) is 59.5 Å². The SMILES string of the molecule is CCCCN(CCCCN)C(=O)CN1CC(c2ccc3c(c2)CCO3)C(C(=O)O)C1CCN1C(=O)CCN(C)C1=O. The van der Waals surface area contributed by atoms with Crippen molar-refractivity contribution >= 4 is 23.8 Å². The van der Waals surface area contributed by atoms with Crippen LogP contribution in [0.1, 0.15) is 62.5 Å². The fourth-order valence-corrected chi connectivity index (χ4v) is 6.35. The third-order valence-corrected chi connectivity index (χ3v) is 8.70. The molecule has 3 aliphatic heterocycles. The van der Waals surface area contributed by atoms with Gasteiger partial charge in [0.15, 0.2) is 0 Å². The molecule has 4 amide bonds. The lowest BCUT2D eigenvalue weighted by atomic mass is 9.83. The van der Waals surface area contributed by atoms with Crippen LogP contribution >= 0.6 is 0 Å². The Morgan fingerprint density at radius 3 is 2.66 bits per heavy atom. The predicted molar refractivity (Wildman–Crippen MR) is 154 cm³/mol. The van der Waals surface area contributed by atoms with Crippen molar-refractivity contribution in [3.63, 3.8) is 0 Å². The zero-order valence-corrected chi connectivity index (χ0v) is 24.4. The summed E-state index contributed by atoms with van der Waals surface area (Å²) in [4.78, 5) is 58.4. The van der Waals surface area contributed by atoms with Crippen LogP contribution in [0.25, 0.3) is 0 Å². The van der Waals surface area contributed by atoms with Crippen molar-refractivity contribution in [2.45, 2.75) is 63.8 Å². The molecule has 11 nitrogen and oxygen atoms in total. The number of amides is 4. The number of aliphatic carboxylic acids is 1. The maximum Gasteiger partial charge on any atom is 0.326 e. The standard InChI is InChI=1S/C30H45N5O6/c1-3-4-13-33(14-6-5-12-31)27(37)20-34-19-23(21-7-8-25-22(18-21)11-17-41-25)28(29(38)39)24(34)9-16-35-26(36)10-15-32(2)30(35)40/h7-8,18,23-24,28H,3-6,9-17,19-20,31H2,1-2H3,(H,38,39). The second-order valence-corrected chi connectivity index (χ2v) is 11.5. The van der Waals surface area contributed by atoms with Gasteiger partial charge >= 0.3 is 12.0 Å². The van der Waals surface area contributed by atoms with E-state index in [1.165, 1.54) is 9.80 Å². The van der Waals surface area contributed by atoms with Crippen molar-refractivity contribution in [1.29, 1.82) is 0 Å². The molecule has 0 radical (unpaired) electrons. The van der Waals surface area contributed by atoms with Gasteiger partial charge in [-0.1, -0.05) is 25.5 Å². The van der Waals surface area contributed by atoms with Crippen molar-refractivity contribution in [1.82, 2.24) is 19.6 Å². The first-order chi connectivity index (χ1) is 19.7. The number of fused-ring (bicyclic) bond motifs is 1. The molecule has 3 aliphatic rings. The van der Waals surface area contributed by atoms with Gasteiger partial charge in [-0.3, -0.25) is 24.2 Å². The second-order valence-electron chi connectivity index (χ2n) is 11.5. The number of carboxylic acids is 1. The van der Waals surface area contributed by atoms with Crippen LogP contribution in [0.2, 0.25) is 0 Å². The van der Waals surface area contributed by atoms with E-state index in [-0.39, 0.29) is 49.7 Å². The molecular formula is C30H45N5O6. The molecule has 11 heteroatoms. The summed E-state index contributed by atoms with van der Waals surface area (Å²) < 4.78 is 5.66. The Balaban J connectivity index is 1.59. The lowest BCUT2D eigenvalue weighted by Gasteiger charge is -2.34. The van der Waals surface area contributed by atoms with Crippen molar-refractivity contribution in [3.8, 4) is 5.75 Å². The number of hydrogen-bond acceptors (Lipinski definition) is 7. The summed E-state index contributed by atoms with van der Waals surface area (Å²) in [5.74, 6) is -1.52. The molecule has 3 heterocycles. The van der Waals surface area contributed by atoms with E-state index >= 15 is 0 Å². The molecule has 3 atom stereocenters. The van der Waals surface area contributed by atoms with E-state index in [2.05, 4.69) is 6.92 Å². The molecule has 2 saturated heterocycles. The number of imide groups is 1. The monoisotopic (exact) mass is 571 g/mol. The first-order valence-electron chi connectivity index (χ1n) is 15.0. The van der Waals surface area contributed by atoms with Gasteiger partial charge in [0, 0.05) is 64.6 Å². The Hall–Kier alpha value is -3.18. The number of nitrogens with two attached hydrogens (primary N) is 1. The Morgan fingerprint density at radius 1 is 1.15 bits per heavy atom. The van der Waals surface area contributed by atoms with Gasteiger partial charge in [-0.15, -0.1) is 0 Å². The van der Waals surface area contributed by atoms with Gasteiger partial charge in [-0.25, -0.2) is 4.79 Å². The number of likely N-dealkylation sites (tertiary alicyclic amines) is 1. The highest BCUT2D eigenvalue weighted by molar-refractivity contribution is 5.96. The molecule has 2 fully saturated rings. The largest absolute Gasteiger partial charge is 0.493 e. The number of nitrogens with zero attached hydrogens (tertiary/aromatic N) is 4.